The Labute approximate surface area is 104 Å². The van der Waals surface area contributed by atoms with Gasteiger partial charge in [0, 0.05) is 8.07 Å². The second kappa shape index (κ2) is 6.82. The largest absolute Gasteiger partial charge is 2.00 e. The topological polar surface area (TPSA) is 0 Å². The van der Waals surface area contributed by atoms with Gasteiger partial charge in [-0.2, -0.15) is 35.5 Å². The Kier molecular flexibility index (Phi) is 6.56. The van der Waals surface area contributed by atoms with E-state index in [2.05, 4.69) is 43.9 Å². The molecule has 2 aromatic carbocycles. The quantitative estimate of drug-likeness (QED) is 0.545. The molecule has 2 heteroatoms. The van der Waals surface area contributed by atoms with E-state index in [1.54, 1.807) is 5.19 Å². The van der Waals surface area contributed by atoms with Crippen LogP contribution in [0.4, 0.5) is 0 Å². The Hall–Kier alpha value is -0.577. The van der Waals surface area contributed by atoms with Crippen molar-refractivity contribution in [2.45, 2.75) is 19.6 Å². The van der Waals surface area contributed by atoms with Crippen molar-refractivity contribution in [2.24, 2.45) is 0 Å². The Morgan fingerprint density at radius 1 is 0.867 bits per heavy atom. The minimum atomic E-state index is -0.981. The third-order valence-corrected chi connectivity index (χ3v) is 4.15. The summed E-state index contributed by atoms with van der Waals surface area (Å²) in [6.07, 6.45) is 0. The predicted octanol–water partition coefficient (Wildman–Crippen LogP) is 3.35. The number of hydrogen-bond donors (Lipinski definition) is 0. The van der Waals surface area contributed by atoms with Gasteiger partial charge in [-0.25, -0.2) is 24.3 Å². The molecule has 0 bridgehead atoms. The molecule has 0 saturated carbocycles. The molecule has 0 aliphatic carbocycles. The molecule has 83 valence electrons. The summed E-state index contributed by atoms with van der Waals surface area (Å²) in [6, 6.07) is 18.7. The van der Waals surface area contributed by atoms with Gasteiger partial charge < -0.3 is 0 Å². The first kappa shape index (κ1) is 14.4. The average molecular weight is 261 g/mol. The Morgan fingerprint density at radius 2 is 1.33 bits per heavy atom. The maximum absolute atomic E-state index is 2.36. The first-order valence-corrected chi connectivity index (χ1v) is 8.49. The van der Waals surface area contributed by atoms with Crippen molar-refractivity contribution >= 4 is 13.3 Å². The molecule has 0 aliphatic rings. The summed E-state index contributed by atoms with van der Waals surface area (Å²) in [5.41, 5.74) is 0. The summed E-state index contributed by atoms with van der Waals surface area (Å²) in [6.45, 7) is 7.09. The minimum Gasteiger partial charge on any atom is -0.214 e. The van der Waals surface area contributed by atoms with Crippen molar-refractivity contribution in [1.29, 1.82) is 0 Å². The molecule has 0 saturated heterocycles. The molecule has 2 rings (SSSR count). The van der Waals surface area contributed by atoms with E-state index >= 15 is 0 Å². The zero-order valence-electron chi connectivity index (χ0n) is 9.53. The van der Waals surface area contributed by atoms with Crippen molar-refractivity contribution < 1.29 is 16.8 Å². The van der Waals surface area contributed by atoms with E-state index in [-0.39, 0.29) is 16.8 Å². The fourth-order valence-electron chi connectivity index (χ4n) is 1.19. The fourth-order valence-corrected chi connectivity index (χ4v) is 2.39. The third-order valence-electron chi connectivity index (χ3n) is 2.08. The Bertz CT molecular complexity index is 297. The fraction of sp³-hybridized carbons (Fsp3) is 0.231. The Balaban J connectivity index is 0.000000280. The van der Waals surface area contributed by atoms with Gasteiger partial charge in [-0.3, -0.25) is 0 Å². The summed E-state index contributed by atoms with van der Waals surface area (Å²) < 4.78 is 0. The van der Waals surface area contributed by atoms with Gasteiger partial charge in [0.15, 0.2) is 0 Å². The first-order chi connectivity index (χ1) is 6.61. The van der Waals surface area contributed by atoms with Crippen LogP contribution >= 0.6 is 0 Å². The van der Waals surface area contributed by atoms with Gasteiger partial charge in [0.05, 0.1) is 0 Å². The zero-order chi connectivity index (χ0) is 10.4. The molecule has 0 fully saturated rings. The summed E-state index contributed by atoms with van der Waals surface area (Å²) in [7, 11) is -0.981. The molecular weight excluding hydrogens is 243 g/mol. The maximum atomic E-state index is 2.36. The van der Waals surface area contributed by atoms with Crippen molar-refractivity contribution in [1.82, 2.24) is 0 Å². The normalized spacial score (nSPS) is 9.80. The smallest absolute Gasteiger partial charge is 0.214 e. The molecule has 0 aromatic heterocycles. The van der Waals surface area contributed by atoms with E-state index in [9.17, 15) is 0 Å². The SMILES string of the molecule is C[Si](C)(C)[c-]1cccc1.[Co+2].c1cc[cH-]c1. The summed E-state index contributed by atoms with van der Waals surface area (Å²) in [4.78, 5) is 0. The van der Waals surface area contributed by atoms with Gasteiger partial charge in [-0.1, -0.05) is 19.6 Å². The molecule has 2 aromatic rings. The van der Waals surface area contributed by atoms with Gasteiger partial charge >= 0.3 is 16.8 Å². The van der Waals surface area contributed by atoms with Crippen LogP contribution in [0.5, 0.6) is 0 Å². The first-order valence-electron chi connectivity index (χ1n) is 4.99. The molecule has 1 radical (unpaired) electrons. The predicted molar refractivity (Wildman–Crippen MR) is 67.1 cm³/mol. The summed E-state index contributed by atoms with van der Waals surface area (Å²) in [5, 5.41) is 1.56. The standard InChI is InChI=1S/C8H13Si.C5H5.Co/c1-9(2,3)8-6-4-5-7-8;1-2-4-5-3-1;/h4-7H,1-3H3;1-5H;/q2*-1;+2. The van der Waals surface area contributed by atoms with Crippen molar-refractivity contribution in [2.75, 3.05) is 0 Å². The second-order valence-corrected chi connectivity index (χ2v) is 9.46. The van der Waals surface area contributed by atoms with Crippen LogP contribution in [0.1, 0.15) is 0 Å². The van der Waals surface area contributed by atoms with Gasteiger partial charge in [0.25, 0.3) is 0 Å². The summed E-state index contributed by atoms with van der Waals surface area (Å²) in [5.74, 6) is 0. The van der Waals surface area contributed by atoms with Crippen LogP contribution in [0.2, 0.25) is 19.6 Å². The molecule has 0 amide bonds. The molecule has 15 heavy (non-hydrogen) atoms. The van der Waals surface area contributed by atoms with Crippen LogP contribution in [0.25, 0.3) is 0 Å². The van der Waals surface area contributed by atoms with Gasteiger partial charge in [-0.15, -0.1) is 0 Å². The van der Waals surface area contributed by atoms with Crippen molar-refractivity contribution in [3.63, 3.8) is 0 Å². The molecule has 0 atom stereocenters. The van der Waals surface area contributed by atoms with Gasteiger partial charge in [0.2, 0.25) is 0 Å². The molecule has 0 heterocycles. The van der Waals surface area contributed by atoms with E-state index in [1.165, 1.54) is 0 Å². The molecule has 0 nitrogen and oxygen atoms in total. The van der Waals surface area contributed by atoms with Gasteiger partial charge in [-0.05, 0) is 0 Å². The van der Waals surface area contributed by atoms with Crippen LogP contribution in [-0.4, -0.2) is 8.07 Å². The summed E-state index contributed by atoms with van der Waals surface area (Å²) >= 11 is 0. The van der Waals surface area contributed by atoms with Crippen LogP contribution in [-0.2, 0) is 16.8 Å². The van der Waals surface area contributed by atoms with Crippen molar-refractivity contribution in [3.05, 3.63) is 54.6 Å². The third kappa shape index (κ3) is 5.77. The van der Waals surface area contributed by atoms with Crippen molar-refractivity contribution in [3.8, 4) is 0 Å². The monoisotopic (exact) mass is 261 g/mol. The van der Waals surface area contributed by atoms with E-state index in [1.807, 2.05) is 30.3 Å². The number of rotatable bonds is 1. The molecule has 0 aliphatic heterocycles. The van der Waals surface area contributed by atoms with Crippen LogP contribution < -0.4 is 5.19 Å². The van der Waals surface area contributed by atoms with Crippen LogP contribution in [0.3, 0.4) is 0 Å². The number of hydrogen-bond acceptors (Lipinski definition) is 0. The molecule has 0 N–H and O–H groups in total. The van der Waals surface area contributed by atoms with E-state index in [0.717, 1.165) is 0 Å². The van der Waals surface area contributed by atoms with E-state index in [0.29, 0.717) is 0 Å². The van der Waals surface area contributed by atoms with Gasteiger partial charge in [0.1, 0.15) is 0 Å². The van der Waals surface area contributed by atoms with Crippen LogP contribution in [0, 0.1) is 0 Å². The maximum Gasteiger partial charge on any atom is 2.00 e. The Morgan fingerprint density at radius 3 is 1.53 bits per heavy atom. The molecular formula is C13H18CoSi. The average Bonchev–Trinajstić information content (AvgIpc) is 2.80. The minimum absolute atomic E-state index is 0. The second-order valence-electron chi connectivity index (χ2n) is 4.39. The zero-order valence-corrected chi connectivity index (χ0v) is 11.6. The molecule has 0 spiro atoms. The molecule has 0 unspecified atom stereocenters. The van der Waals surface area contributed by atoms with E-state index in [4.69, 9.17) is 0 Å². The van der Waals surface area contributed by atoms with Crippen LogP contribution in [0.15, 0.2) is 54.6 Å². The van der Waals surface area contributed by atoms with E-state index < -0.39 is 8.07 Å².